The molecule has 0 saturated carbocycles. The Hall–Kier alpha value is -2.04. The average Bonchev–Trinajstić information content (AvgIpc) is 2.77. The van der Waals surface area contributed by atoms with Gasteiger partial charge in [-0.2, -0.15) is 0 Å². The van der Waals surface area contributed by atoms with Gasteiger partial charge in [0.05, 0.1) is 6.61 Å². The topological polar surface area (TPSA) is 76.7 Å². The molecule has 1 aromatic rings. The summed E-state index contributed by atoms with van der Waals surface area (Å²) in [5.74, 6) is -2.00. The molecule has 18 heavy (non-hydrogen) atoms. The van der Waals surface area contributed by atoms with E-state index in [1.54, 1.807) is 19.1 Å². The van der Waals surface area contributed by atoms with E-state index in [0.29, 0.717) is 5.76 Å². The summed E-state index contributed by atoms with van der Waals surface area (Å²) in [7, 11) is 0. The number of aryl methyl sites for hydroxylation is 1. The molecule has 1 N–H and O–H groups in total. The Morgan fingerprint density at radius 2 is 2.17 bits per heavy atom. The van der Waals surface area contributed by atoms with Gasteiger partial charge in [0.15, 0.2) is 5.92 Å². The van der Waals surface area contributed by atoms with Gasteiger partial charge in [-0.3, -0.25) is 9.59 Å². The van der Waals surface area contributed by atoms with Gasteiger partial charge in [-0.05, 0) is 25.1 Å². The molecule has 1 atom stereocenters. The monoisotopic (exact) mass is 252 g/mol. The van der Waals surface area contributed by atoms with Crippen LogP contribution in [0.25, 0.3) is 6.08 Å². The van der Waals surface area contributed by atoms with E-state index < -0.39 is 17.9 Å². The van der Waals surface area contributed by atoms with E-state index in [1.807, 2.05) is 6.92 Å². The number of aliphatic carboxylic acids is 1. The number of hydrogen-bond acceptors (Lipinski definition) is 4. The van der Waals surface area contributed by atoms with Crippen molar-refractivity contribution in [2.75, 3.05) is 6.61 Å². The summed E-state index contributed by atoms with van der Waals surface area (Å²) >= 11 is 0. The van der Waals surface area contributed by atoms with Crippen LogP contribution in [0.2, 0.25) is 0 Å². The number of carbonyl (C=O) groups excluding carboxylic acids is 1. The second-order valence-corrected chi connectivity index (χ2v) is 3.58. The summed E-state index contributed by atoms with van der Waals surface area (Å²) in [4.78, 5) is 22.3. The molecule has 0 fully saturated rings. The highest BCUT2D eigenvalue weighted by Crippen LogP contribution is 2.12. The van der Waals surface area contributed by atoms with Gasteiger partial charge in [0.1, 0.15) is 11.5 Å². The normalized spacial score (nSPS) is 12.6. The van der Waals surface area contributed by atoms with Crippen molar-refractivity contribution in [3.8, 4) is 0 Å². The maximum Gasteiger partial charge on any atom is 0.324 e. The van der Waals surface area contributed by atoms with E-state index in [0.717, 1.165) is 12.2 Å². The molecule has 0 aliphatic rings. The van der Waals surface area contributed by atoms with Crippen molar-refractivity contribution in [2.45, 2.75) is 20.3 Å². The minimum Gasteiger partial charge on any atom is -0.480 e. The summed E-state index contributed by atoms with van der Waals surface area (Å²) in [5.41, 5.74) is 0. The number of esters is 1. The van der Waals surface area contributed by atoms with Gasteiger partial charge < -0.3 is 14.3 Å². The lowest BCUT2D eigenvalue weighted by Gasteiger charge is -2.05. The van der Waals surface area contributed by atoms with Crippen molar-refractivity contribution >= 4 is 18.0 Å². The Morgan fingerprint density at radius 3 is 2.67 bits per heavy atom. The molecule has 0 aromatic carbocycles. The Balaban J connectivity index is 2.77. The minimum atomic E-state index is -1.31. The molecule has 98 valence electrons. The molecule has 0 saturated heterocycles. The molecule has 0 aliphatic heterocycles. The number of carboxylic acids is 1. The van der Waals surface area contributed by atoms with Gasteiger partial charge in [-0.25, -0.2) is 0 Å². The fraction of sp³-hybridized carbons (Fsp3) is 0.385. The lowest BCUT2D eigenvalue weighted by molar-refractivity contribution is -0.155. The third-order valence-corrected chi connectivity index (χ3v) is 2.29. The Morgan fingerprint density at radius 1 is 1.44 bits per heavy atom. The molecule has 1 heterocycles. The highest BCUT2D eigenvalue weighted by Gasteiger charge is 2.24. The quantitative estimate of drug-likeness (QED) is 0.619. The third kappa shape index (κ3) is 3.76. The molecular formula is C13H16O5. The zero-order chi connectivity index (χ0) is 13.5. The second-order valence-electron chi connectivity index (χ2n) is 3.58. The first-order chi connectivity index (χ1) is 8.58. The van der Waals surface area contributed by atoms with Gasteiger partial charge in [0, 0.05) is 6.42 Å². The average molecular weight is 252 g/mol. The first-order valence-electron chi connectivity index (χ1n) is 5.74. The third-order valence-electron chi connectivity index (χ3n) is 2.29. The smallest absolute Gasteiger partial charge is 0.324 e. The molecule has 5 nitrogen and oxygen atoms in total. The van der Waals surface area contributed by atoms with Crippen LogP contribution in [0.5, 0.6) is 0 Å². The van der Waals surface area contributed by atoms with Gasteiger partial charge >= 0.3 is 11.9 Å². The van der Waals surface area contributed by atoms with Crippen LogP contribution in [0, 0.1) is 5.92 Å². The van der Waals surface area contributed by atoms with Gasteiger partial charge in [0.25, 0.3) is 0 Å². The molecule has 0 aliphatic carbocycles. The first kappa shape index (κ1) is 14.0. The lowest BCUT2D eigenvalue weighted by Crippen LogP contribution is -2.23. The molecule has 5 heteroatoms. The van der Waals surface area contributed by atoms with Crippen molar-refractivity contribution in [3.05, 3.63) is 29.7 Å². The van der Waals surface area contributed by atoms with Crippen molar-refractivity contribution in [2.24, 2.45) is 5.92 Å². The highest BCUT2D eigenvalue weighted by atomic mass is 16.5. The second kappa shape index (κ2) is 6.64. The summed E-state index contributed by atoms with van der Waals surface area (Å²) in [6.45, 7) is 3.72. The predicted octanol–water partition coefficient (Wildman–Crippen LogP) is 2.12. The van der Waals surface area contributed by atoms with Crippen molar-refractivity contribution < 1.29 is 23.8 Å². The minimum absolute atomic E-state index is 0.150. The Bertz CT molecular complexity index is 444. The summed E-state index contributed by atoms with van der Waals surface area (Å²) in [6.07, 6.45) is 3.49. The molecule has 0 radical (unpaired) electrons. The van der Waals surface area contributed by atoms with E-state index >= 15 is 0 Å². The van der Waals surface area contributed by atoms with Gasteiger partial charge in [0.2, 0.25) is 0 Å². The molecule has 1 aromatic heterocycles. The van der Waals surface area contributed by atoms with E-state index in [-0.39, 0.29) is 6.61 Å². The Labute approximate surface area is 105 Å². The van der Waals surface area contributed by atoms with E-state index in [1.165, 1.54) is 12.2 Å². The van der Waals surface area contributed by atoms with Crippen LogP contribution in [0.4, 0.5) is 0 Å². The maximum atomic E-state index is 11.4. The Kier molecular flexibility index (Phi) is 5.17. The number of furan rings is 1. The number of carboxylic acid groups (broad SMARTS) is 1. The summed E-state index contributed by atoms with van der Waals surface area (Å²) < 4.78 is 10.0. The first-order valence-corrected chi connectivity index (χ1v) is 5.74. The standard InChI is InChI=1S/C13H16O5/c1-3-9-5-6-10(18-9)7-8-11(12(14)15)13(16)17-4-2/h5-8,11H,3-4H2,1-2H3,(H,14,15)/b8-7+. The predicted molar refractivity (Wildman–Crippen MR) is 64.9 cm³/mol. The van der Waals surface area contributed by atoms with E-state index in [9.17, 15) is 9.59 Å². The summed E-state index contributed by atoms with van der Waals surface area (Å²) in [5, 5.41) is 8.92. The van der Waals surface area contributed by atoms with Gasteiger partial charge in [-0.15, -0.1) is 0 Å². The van der Waals surface area contributed by atoms with Crippen molar-refractivity contribution in [1.82, 2.24) is 0 Å². The fourth-order valence-electron chi connectivity index (χ4n) is 1.36. The van der Waals surface area contributed by atoms with Crippen LogP contribution < -0.4 is 0 Å². The van der Waals surface area contributed by atoms with Crippen LogP contribution in [0.15, 0.2) is 22.6 Å². The van der Waals surface area contributed by atoms with Crippen LogP contribution in [-0.2, 0) is 20.7 Å². The van der Waals surface area contributed by atoms with E-state index in [2.05, 4.69) is 4.74 Å². The van der Waals surface area contributed by atoms with Crippen LogP contribution in [0.1, 0.15) is 25.4 Å². The number of carbonyl (C=O) groups is 2. The molecular weight excluding hydrogens is 236 g/mol. The zero-order valence-corrected chi connectivity index (χ0v) is 10.4. The van der Waals surface area contributed by atoms with Gasteiger partial charge in [-0.1, -0.05) is 13.0 Å². The van der Waals surface area contributed by atoms with Crippen LogP contribution in [-0.4, -0.2) is 23.7 Å². The van der Waals surface area contributed by atoms with Crippen LogP contribution in [0.3, 0.4) is 0 Å². The molecule has 1 rings (SSSR count). The number of ether oxygens (including phenoxy) is 1. The lowest BCUT2D eigenvalue weighted by atomic mass is 10.1. The summed E-state index contributed by atoms with van der Waals surface area (Å²) in [6, 6.07) is 3.53. The number of hydrogen-bond donors (Lipinski definition) is 1. The molecule has 1 unspecified atom stereocenters. The maximum absolute atomic E-state index is 11.4. The SMILES string of the molecule is CCOC(=O)C(/C=C/c1ccc(CC)o1)C(=O)O. The van der Waals surface area contributed by atoms with Crippen LogP contribution >= 0.6 is 0 Å². The molecule has 0 bridgehead atoms. The molecule has 0 amide bonds. The zero-order valence-electron chi connectivity index (χ0n) is 10.4. The van der Waals surface area contributed by atoms with Crippen molar-refractivity contribution in [3.63, 3.8) is 0 Å². The largest absolute Gasteiger partial charge is 0.480 e. The number of rotatable bonds is 6. The highest BCUT2D eigenvalue weighted by molar-refractivity contribution is 5.96. The van der Waals surface area contributed by atoms with Crippen molar-refractivity contribution in [1.29, 1.82) is 0 Å². The fourth-order valence-corrected chi connectivity index (χ4v) is 1.36. The van der Waals surface area contributed by atoms with E-state index in [4.69, 9.17) is 9.52 Å². The molecule has 0 spiro atoms.